The molecule has 1 fully saturated rings. The maximum Gasteiger partial charge on any atom is 0.223 e. The number of benzene rings is 1. The predicted molar refractivity (Wildman–Crippen MR) is 126 cm³/mol. The van der Waals surface area contributed by atoms with Gasteiger partial charge in [0.1, 0.15) is 0 Å². The summed E-state index contributed by atoms with van der Waals surface area (Å²) in [5.74, 6) is 0.181. The van der Waals surface area contributed by atoms with Crippen molar-refractivity contribution in [1.82, 2.24) is 24.3 Å². The first-order valence-corrected chi connectivity index (χ1v) is 11.1. The van der Waals surface area contributed by atoms with E-state index in [0.29, 0.717) is 31.5 Å². The summed E-state index contributed by atoms with van der Waals surface area (Å²) in [7, 11) is 1.91. The SMILES string of the molecule is Cn1cc(-c2ccc3c(N4CCN(C(=O)CCc5ccc(C#N)cc5)CC4)cnn3c2)cn1. The van der Waals surface area contributed by atoms with Crippen LogP contribution >= 0.6 is 0 Å². The van der Waals surface area contributed by atoms with Gasteiger partial charge in [0.05, 0.1) is 35.2 Å². The van der Waals surface area contributed by atoms with E-state index in [9.17, 15) is 4.79 Å². The average Bonchev–Trinajstić information content (AvgIpc) is 3.48. The monoisotopic (exact) mass is 439 g/mol. The van der Waals surface area contributed by atoms with Crippen LogP contribution in [0, 0.1) is 11.3 Å². The number of piperazine rings is 1. The summed E-state index contributed by atoms with van der Waals surface area (Å²) >= 11 is 0. The minimum atomic E-state index is 0.181. The molecule has 166 valence electrons. The molecule has 8 nitrogen and oxygen atoms in total. The number of carbonyl (C=O) groups is 1. The van der Waals surface area contributed by atoms with Gasteiger partial charge >= 0.3 is 0 Å². The van der Waals surface area contributed by atoms with Crippen molar-refractivity contribution in [3.05, 3.63) is 72.3 Å². The Morgan fingerprint density at radius 3 is 2.45 bits per heavy atom. The molecule has 0 N–H and O–H groups in total. The Morgan fingerprint density at radius 1 is 0.970 bits per heavy atom. The first-order valence-electron chi connectivity index (χ1n) is 11.1. The van der Waals surface area contributed by atoms with E-state index in [1.54, 1.807) is 16.8 Å². The van der Waals surface area contributed by atoms with E-state index in [4.69, 9.17) is 5.26 Å². The van der Waals surface area contributed by atoms with E-state index >= 15 is 0 Å². The summed E-state index contributed by atoms with van der Waals surface area (Å²) in [6, 6.07) is 13.8. The van der Waals surface area contributed by atoms with Crippen molar-refractivity contribution in [2.45, 2.75) is 12.8 Å². The maximum atomic E-state index is 12.7. The number of anilines is 1. The van der Waals surface area contributed by atoms with Crippen LogP contribution in [-0.2, 0) is 18.3 Å². The molecule has 1 amide bonds. The summed E-state index contributed by atoms with van der Waals surface area (Å²) in [6.45, 7) is 2.98. The van der Waals surface area contributed by atoms with E-state index in [0.717, 1.165) is 41.0 Å². The van der Waals surface area contributed by atoms with Gasteiger partial charge < -0.3 is 9.80 Å². The number of aryl methyl sites for hydroxylation is 2. The van der Waals surface area contributed by atoms with Gasteiger partial charge in [0, 0.05) is 63.2 Å². The summed E-state index contributed by atoms with van der Waals surface area (Å²) in [5.41, 5.74) is 6.01. The Labute approximate surface area is 192 Å². The zero-order chi connectivity index (χ0) is 22.8. The van der Waals surface area contributed by atoms with Gasteiger partial charge in [-0.2, -0.15) is 15.5 Å². The second-order valence-electron chi connectivity index (χ2n) is 8.36. The molecule has 8 heteroatoms. The minimum absolute atomic E-state index is 0.181. The van der Waals surface area contributed by atoms with Crippen LogP contribution in [0.4, 0.5) is 5.69 Å². The fraction of sp³-hybridized carbons (Fsp3) is 0.280. The molecule has 1 aliphatic rings. The summed E-state index contributed by atoms with van der Waals surface area (Å²) < 4.78 is 3.70. The third-order valence-electron chi connectivity index (χ3n) is 6.22. The Morgan fingerprint density at radius 2 is 1.76 bits per heavy atom. The highest BCUT2D eigenvalue weighted by molar-refractivity contribution is 5.78. The van der Waals surface area contributed by atoms with Crippen molar-refractivity contribution in [2.24, 2.45) is 7.05 Å². The molecule has 0 unspecified atom stereocenters. The van der Waals surface area contributed by atoms with E-state index in [-0.39, 0.29) is 5.91 Å². The molecule has 0 spiro atoms. The molecule has 0 radical (unpaired) electrons. The van der Waals surface area contributed by atoms with Crippen molar-refractivity contribution >= 4 is 17.1 Å². The number of fused-ring (bicyclic) bond motifs is 1. The number of carbonyl (C=O) groups excluding carboxylic acids is 1. The molecule has 1 aromatic carbocycles. The average molecular weight is 440 g/mol. The highest BCUT2D eigenvalue weighted by Gasteiger charge is 2.23. The van der Waals surface area contributed by atoms with Crippen molar-refractivity contribution in [1.29, 1.82) is 5.26 Å². The number of nitrogens with zero attached hydrogens (tertiary/aromatic N) is 7. The van der Waals surface area contributed by atoms with Crippen LogP contribution < -0.4 is 4.90 Å². The van der Waals surface area contributed by atoms with E-state index in [1.807, 2.05) is 53.4 Å². The quantitative estimate of drug-likeness (QED) is 0.478. The van der Waals surface area contributed by atoms with E-state index in [1.165, 1.54) is 0 Å². The van der Waals surface area contributed by atoms with Crippen LogP contribution in [0.2, 0.25) is 0 Å². The van der Waals surface area contributed by atoms with Crippen molar-refractivity contribution < 1.29 is 4.79 Å². The van der Waals surface area contributed by atoms with Gasteiger partial charge in [-0.1, -0.05) is 18.2 Å². The molecule has 5 rings (SSSR count). The first kappa shape index (κ1) is 20.8. The zero-order valence-electron chi connectivity index (χ0n) is 18.6. The minimum Gasteiger partial charge on any atom is -0.365 e. The molecule has 33 heavy (non-hydrogen) atoms. The number of nitriles is 1. The Balaban J connectivity index is 1.20. The standard InChI is InChI=1S/C25H25N7O/c1-29-17-22(15-27-29)21-7-8-23-24(16-28-32(23)18-21)30-10-12-31(13-11-30)25(33)9-6-19-2-4-20(14-26)5-3-19/h2-5,7-8,15-18H,6,9-13H2,1H3. The Kier molecular flexibility index (Phi) is 5.53. The van der Waals surface area contributed by atoms with E-state index < -0.39 is 0 Å². The second-order valence-corrected chi connectivity index (χ2v) is 8.36. The van der Waals surface area contributed by atoms with Gasteiger partial charge in [0.2, 0.25) is 5.91 Å². The van der Waals surface area contributed by atoms with Crippen LogP contribution in [0.5, 0.6) is 0 Å². The summed E-state index contributed by atoms with van der Waals surface area (Å²) in [6.07, 6.45) is 8.95. The largest absolute Gasteiger partial charge is 0.365 e. The highest BCUT2D eigenvalue weighted by Crippen LogP contribution is 2.26. The molecular formula is C25H25N7O. The van der Waals surface area contributed by atoms with Gasteiger partial charge in [0.25, 0.3) is 0 Å². The molecular weight excluding hydrogens is 414 g/mol. The number of hydrogen-bond acceptors (Lipinski definition) is 5. The summed E-state index contributed by atoms with van der Waals surface area (Å²) in [5, 5.41) is 17.7. The fourth-order valence-corrected chi connectivity index (χ4v) is 4.31. The van der Waals surface area contributed by atoms with Crippen LogP contribution in [0.25, 0.3) is 16.6 Å². The van der Waals surface area contributed by atoms with E-state index in [2.05, 4.69) is 33.3 Å². The Bertz CT molecular complexity index is 1320. The van der Waals surface area contributed by atoms with Gasteiger partial charge in [-0.05, 0) is 30.2 Å². The zero-order valence-corrected chi connectivity index (χ0v) is 18.6. The number of aromatic nitrogens is 4. The topological polar surface area (TPSA) is 82.5 Å². The van der Waals surface area contributed by atoms with Crippen LogP contribution in [-0.4, -0.2) is 56.4 Å². The van der Waals surface area contributed by atoms with Crippen LogP contribution in [0.1, 0.15) is 17.5 Å². The normalized spacial score (nSPS) is 13.9. The molecule has 0 saturated carbocycles. The lowest BCUT2D eigenvalue weighted by Crippen LogP contribution is -2.48. The molecule has 0 aliphatic carbocycles. The maximum absolute atomic E-state index is 12.7. The molecule has 1 aliphatic heterocycles. The van der Waals surface area contributed by atoms with Crippen molar-refractivity contribution in [3.8, 4) is 17.2 Å². The number of rotatable bonds is 5. The van der Waals surface area contributed by atoms with Crippen molar-refractivity contribution in [3.63, 3.8) is 0 Å². The van der Waals surface area contributed by atoms with Crippen LogP contribution in [0.3, 0.4) is 0 Å². The molecule has 3 aromatic heterocycles. The molecule has 0 bridgehead atoms. The Hall–Kier alpha value is -4.12. The molecule has 4 aromatic rings. The smallest absolute Gasteiger partial charge is 0.223 e. The molecule has 1 saturated heterocycles. The van der Waals surface area contributed by atoms with Gasteiger partial charge in [-0.15, -0.1) is 0 Å². The third-order valence-corrected chi connectivity index (χ3v) is 6.22. The number of hydrogen-bond donors (Lipinski definition) is 0. The third kappa shape index (κ3) is 4.30. The van der Waals surface area contributed by atoms with Gasteiger partial charge in [-0.3, -0.25) is 9.48 Å². The first-order chi connectivity index (χ1) is 16.1. The lowest BCUT2D eigenvalue weighted by molar-refractivity contribution is -0.131. The number of amides is 1. The molecule has 0 atom stereocenters. The van der Waals surface area contributed by atoms with Gasteiger partial charge in [0.15, 0.2) is 0 Å². The second kappa shape index (κ2) is 8.79. The molecule has 4 heterocycles. The number of pyridine rings is 1. The highest BCUT2D eigenvalue weighted by atomic mass is 16.2. The predicted octanol–water partition coefficient (Wildman–Crippen LogP) is 2.89. The summed E-state index contributed by atoms with van der Waals surface area (Å²) in [4.78, 5) is 17.0. The van der Waals surface area contributed by atoms with Crippen molar-refractivity contribution in [2.75, 3.05) is 31.1 Å². The van der Waals surface area contributed by atoms with Crippen LogP contribution in [0.15, 0.2) is 61.2 Å². The van der Waals surface area contributed by atoms with Gasteiger partial charge in [-0.25, -0.2) is 4.52 Å². The fourth-order valence-electron chi connectivity index (χ4n) is 4.31. The lowest BCUT2D eigenvalue weighted by atomic mass is 10.1. The lowest BCUT2D eigenvalue weighted by Gasteiger charge is -2.35.